The largest absolute Gasteiger partial charge is 0.297 e. The zero-order valence-corrected chi connectivity index (χ0v) is 10.3. The van der Waals surface area contributed by atoms with Crippen LogP contribution in [0.1, 0.15) is 65.7 Å². The van der Waals surface area contributed by atoms with Gasteiger partial charge >= 0.3 is 0 Å². The van der Waals surface area contributed by atoms with E-state index in [2.05, 4.69) is 32.0 Å². The van der Waals surface area contributed by atoms with Crippen molar-refractivity contribution in [1.82, 2.24) is 0 Å². The SMILES string of the molecule is CCCCCC(C=NCCC)CCC. The fourth-order valence-electron chi connectivity index (χ4n) is 1.67. The molecule has 0 fully saturated rings. The second kappa shape index (κ2) is 10.7. The molecule has 1 nitrogen and oxygen atoms in total. The quantitative estimate of drug-likeness (QED) is 0.382. The third-order valence-electron chi connectivity index (χ3n) is 2.51. The van der Waals surface area contributed by atoms with Crippen LogP contribution in [0.25, 0.3) is 0 Å². The van der Waals surface area contributed by atoms with Crippen molar-refractivity contribution >= 4 is 6.21 Å². The minimum absolute atomic E-state index is 0.748. The van der Waals surface area contributed by atoms with Gasteiger partial charge in [-0.25, -0.2) is 0 Å². The van der Waals surface area contributed by atoms with Crippen molar-refractivity contribution in [2.45, 2.75) is 65.7 Å². The summed E-state index contributed by atoms with van der Waals surface area (Å²) in [6.45, 7) is 7.72. The Bertz CT molecular complexity index is 129. The van der Waals surface area contributed by atoms with Crippen molar-refractivity contribution in [3.8, 4) is 0 Å². The van der Waals surface area contributed by atoms with Crippen LogP contribution in [-0.4, -0.2) is 12.8 Å². The topological polar surface area (TPSA) is 12.4 Å². The molecule has 1 heteroatoms. The molecule has 14 heavy (non-hydrogen) atoms. The Morgan fingerprint density at radius 2 is 1.71 bits per heavy atom. The van der Waals surface area contributed by atoms with E-state index in [-0.39, 0.29) is 0 Å². The first kappa shape index (κ1) is 13.7. The molecule has 0 aliphatic rings. The van der Waals surface area contributed by atoms with Crippen LogP contribution in [0.3, 0.4) is 0 Å². The molecule has 0 aliphatic heterocycles. The van der Waals surface area contributed by atoms with Gasteiger partial charge in [0, 0.05) is 12.8 Å². The summed E-state index contributed by atoms with van der Waals surface area (Å²) in [5.41, 5.74) is 0. The van der Waals surface area contributed by atoms with Crippen LogP contribution in [0, 0.1) is 5.92 Å². The van der Waals surface area contributed by atoms with E-state index < -0.39 is 0 Å². The molecule has 0 aromatic rings. The van der Waals surface area contributed by atoms with Crippen molar-refractivity contribution in [2.75, 3.05) is 6.54 Å². The van der Waals surface area contributed by atoms with E-state index >= 15 is 0 Å². The molecule has 0 aromatic carbocycles. The summed E-state index contributed by atoms with van der Waals surface area (Å²) < 4.78 is 0. The van der Waals surface area contributed by atoms with Gasteiger partial charge in [0.1, 0.15) is 0 Å². The second-order valence-corrected chi connectivity index (χ2v) is 4.10. The Hall–Kier alpha value is -0.330. The molecule has 0 aromatic heterocycles. The lowest BCUT2D eigenvalue weighted by atomic mass is 9.98. The van der Waals surface area contributed by atoms with E-state index in [0.717, 1.165) is 12.5 Å². The minimum atomic E-state index is 0.748. The molecule has 0 amide bonds. The van der Waals surface area contributed by atoms with Crippen molar-refractivity contribution < 1.29 is 0 Å². The molecule has 0 radical (unpaired) electrons. The zero-order valence-electron chi connectivity index (χ0n) is 10.3. The molecule has 1 atom stereocenters. The Morgan fingerprint density at radius 1 is 0.929 bits per heavy atom. The molecule has 0 bridgehead atoms. The highest BCUT2D eigenvalue weighted by atomic mass is 14.7. The van der Waals surface area contributed by atoms with E-state index in [9.17, 15) is 0 Å². The standard InChI is InChI=1S/C13H27N/c1-4-7-8-10-13(9-5-2)12-14-11-6-3/h12-13H,4-11H2,1-3H3. The smallest absolute Gasteiger partial charge is 0.0382 e. The molecule has 0 heterocycles. The van der Waals surface area contributed by atoms with Crippen molar-refractivity contribution in [3.05, 3.63) is 0 Å². The Morgan fingerprint density at radius 3 is 2.29 bits per heavy atom. The number of unbranched alkanes of at least 4 members (excludes halogenated alkanes) is 2. The first-order chi connectivity index (χ1) is 6.85. The third-order valence-corrected chi connectivity index (χ3v) is 2.51. The molecule has 0 spiro atoms. The molecular weight excluding hydrogens is 170 g/mol. The van der Waals surface area contributed by atoms with Gasteiger partial charge in [-0.1, -0.05) is 46.5 Å². The highest BCUT2D eigenvalue weighted by Crippen LogP contribution is 2.13. The van der Waals surface area contributed by atoms with Gasteiger partial charge in [-0.15, -0.1) is 0 Å². The normalized spacial score (nSPS) is 13.6. The monoisotopic (exact) mass is 197 g/mol. The summed E-state index contributed by atoms with van der Waals surface area (Å²) in [5.74, 6) is 0.748. The van der Waals surface area contributed by atoms with Gasteiger partial charge in [-0.05, 0) is 25.2 Å². The van der Waals surface area contributed by atoms with Crippen LogP contribution in [0.5, 0.6) is 0 Å². The molecule has 84 valence electrons. The lowest BCUT2D eigenvalue weighted by Gasteiger charge is -2.09. The van der Waals surface area contributed by atoms with Gasteiger partial charge < -0.3 is 0 Å². The van der Waals surface area contributed by atoms with Crippen LogP contribution in [0.4, 0.5) is 0 Å². The predicted molar refractivity (Wildman–Crippen MR) is 66.2 cm³/mol. The van der Waals surface area contributed by atoms with E-state index in [0.29, 0.717) is 0 Å². The van der Waals surface area contributed by atoms with Gasteiger partial charge in [-0.2, -0.15) is 0 Å². The molecule has 0 saturated heterocycles. The van der Waals surface area contributed by atoms with Gasteiger partial charge in [0.2, 0.25) is 0 Å². The average molecular weight is 197 g/mol. The third kappa shape index (κ3) is 8.28. The van der Waals surface area contributed by atoms with Gasteiger partial charge in [0.05, 0.1) is 0 Å². The number of rotatable bonds is 9. The lowest BCUT2D eigenvalue weighted by Crippen LogP contribution is -2.02. The van der Waals surface area contributed by atoms with Gasteiger partial charge in [0.25, 0.3) is 0 Å². The average Bonchev–Trinajstić information content (AvgIpc) is 2.18. The van der Waals surface area contributed by atoms with E-state index in [1.165, 1.54) is 44.9 Å². The highest BCUT2D eigenvalue weighted by molar-refractivity contribution is 5.60. The van der Waals surface area contributed by atoms with Crippen molar-refractivity contribution in [2.24, 2.45) is 10.9 Å². The highest BCUT2D eigenvalue weighted by Gasteiger charge is 2.03. The van der Waals surface area contributed by atoms with Gasteiger partial charge in [-0.3, -0.25) is 4.99 Å². The summed E-state index contributed by atoms with van der Waals surface area (Å²) in [6, 6.07) is 0. The van der Waals surface area contributed by atoms with Crippen LogP contribution in [0.15, 0.2) is 4.99 Å². The first-order valence-electron chi connectivity index (χ1n) is 6.35. The number of hydrogen-bond acceptors (Lipinski definition) is 1. The first-order valence-corrected chi connectivity index (χ1v) is 6.35. The molecular formula is C13H27N. The fourth-order valence-corrected chi connectivity index (χ4v) is 1.67. The van der Waals surface area contributed by atoms with Crippen LogP contribution < -0.4 is 0 Å². The minimum Gasteiger partial charge on any atom is -0.297 e. The van der Waals surface area contributed by atoms with Crippen LogP contribution in [-0.2, 0) is 0 Å². The summed E-state index contributed by atoms with van der Waals surface area (Å²) >= 11 is 0. The fraction of sp³-hybridized carbons (Fsp3) is 0.923. The molecule has 0 aliphatic carbocycles. The van der Waals surface area contributed by atoms with Crippen LogP contribution >= 0.6 is 0 Å². The second-order valence-electron chi connectivity index (χ2n) is 4.10. The summed E-state index contributed by atoms with van der Waals surface area (Å²) in [4.78, 5) is 4.46. The van der Waals surface area contributed by atoms with E-state index in [1.54, 1.807) is 0 Å². The zero-order chi connectivity index (χ0) is 10.6. The summed E-state index contributed by atoms with van der Waals surface area (Å²) in [7, 11) is 0. The van der Waals surface area contributed by atoms with Crippen molar-refractivity contribution in [1.29, 1.82) is 0 Å². The maximum absolute atomic E-state index is 4.46. The predicted octanol–water partition coefficient (Wildman–Crippen LogP) is 4.46. The summed E-state index contributed by atoms with van der Waals surface area (Å²) in [6.07, 6.45) is 11.4. The van der Waals surface area contributed by atoms with Crippen molar-refractivity contribution in [3.63, 3.8) is 0 Å². The Balaban J connectivity index is 3.64. The van der Waals surface area contributed by atoms with Gasteiger partial charge in [0.15, 0.2) is 0 Å². The van der Waals surface area contributed by atoms with E-state index in [4.69, 9.17) is 0 Å². The molecule has 0 saturated carbocycles. The lowest BCUT2D eigenvalue weighted by molar-refractivity contribution is 0.532. The number of hydrogen-bond donors (Lipinski definition) is 0. The Kier molecular flexibility index (Phi) is 10.5. The number of aliphatic imine (C=N–C) groups is 1. The maximum atomic E-state index is 4.46. The maximum Gasteiger partial charge on any atom is 0.0382 e. The molecule has 0 N–H and O–H groups in total. The summed E-state index contributed by atoms with van der Waals surface area (Å²) in [5, 5.41) is 0. The Labute approximate surface area is 90.0 Å². The van der Waals surface area contributed by atoms with Crippen LogP contribution in [0.2, 0.25) is 0 Å². The molecule has 0 rings (SSSR count). The number of nitrogens with zero attached hydrogens (tertiary/aromatic N) is 1. The molecule has 1 unspecified atom stereocenters. The van der Waals surface area contributed by atoms with E-state index in [1.807, 2.05) is 0 Å².